The summed E-state index contributed by atoms with van der Waals surface area (Å²) in [7, 11) is 0. The molecular weight excluding hydrogens is 372 g/mol. The highest BCUT2D eigenvalue weighted by atomic mass is 16.2. The van der Waals surface area contributed by atoms with E-state index in [-0.39, 0.29) is 11.8 Å². The van der Waals surface area contributed by atoms with Crippen LogP contribution in [0, 0.1) is 13.8 Å². The molecule has 4 rings (SSSR count). The first-order chi connectivity index (χ1) is 14.4. The lowest BCUT2D eigenvalue weighted by molar-refractivity contribution is -0.126. The summed E-state index contributed by atoms with van der Waals surface area (Å²) in [4.78, 5) is 28.6. The lowest BCUT2D eigenvalue weighted by atomic mass is 9.82. The summed E-state index contributed by atoms with van der Waals surface area (Å²) in [5, 5.41) is 3.06. The fourth-order valence-electron chi connectivity index (χ4n) is 4.03. The number of hydrogen-bond donors (Lipinski definition) is 1. The van der Waals surface area contributed by atoms with E-state index in [9.17, 15) is 9.59 Å². The van der Waals surface area contributed by atoms with Gasteiger partial charge in [0.1, 0.15) is 5.54 Å². The maximum atomic E-state index is 13.5. The van der Waals surface area contributed by atoms with Crippen LogP contribution in [0.15, 0.2) is 72.8 Å². The first-order valence-electron chi connectivity index (χ1n) is 10.2. The largest absolute Gasteiger partial charge is 0.350 e. The predicted molar refractivity (Wildman–Crippen MR) is 120 cm³/mol. The summed E-state index contributed by atoms with van der Waals surface area (Å²) in [6.07, 6.45) is 0.461. The number of nitrogens with zero attached hydrogens (tertiary/aromatic N) is 1. The quantitative estimate of drug-likeness (QED) is 0.699. The van der Waals surface area contributed by atoms with Crippen molar-refractivity contribution in [1.29, 1.82) is 0 Å². The fourth-order valence-corrected chi connectivity index (χ4v) is 4.03. The van der Waals surface area contributed by atoms with Gasteiger partial charge in [-0.05, 0) is 50.1 Å². The molecule has 0 saturated heterocycles. The second kappa shape index (κ2) is 7.79. The van der Waals surface area contributed by atoms with Crippen LogP contribution in [0.1, 0.15) is 39.5 Å². The second-order valence-corrected chi connectivity index (χ2v) is 8.25. The topological polar surface area (TPSA) is 49.4 Å². The van der Waals surface area contributed by atoms with Crippen molar-refractivity contribution in [2.45, 2.75) is 39.3 Å². The molecule has 3 aromatic rings. The average molecular weight is 399 g/mol. The van der Waals surface area contributed by atoms with Gasteiger partial charge < -0.3 is 5.32 Å². The van der Waals surface area contributed by atoms with Gasteiger partial charge in [-0.1, -0.05) is 65.7 Å². The first kappa shape index (κ1) is 19.9. The molecule has 30 heavy (non-hydrogen) atoms. The number of nitrogens with one attached hydrogen (secondary N) is 1. The monoisotopic (exact) mass is 398 g/mol. The zero-order chi connectivity index (χ0) is 21.3. The minimum Gasteiger partial charge on any atom is -0.350 e. The van der Waals surface area contributed by atoms with E-state index in [1.807, 2.05) is 93.6 Å². The Hall–Kier alpha value is -3.40. The van der Waals surface area contributed by atoms with E-state index in [0.717, 1.165) is 22.4 Å². The molecule has 1 aliphatic rings. The van der Waals surface area contributed by atoms with Gasteiger partial charge in [-0.25, -0.2) is 0 Å². The van der Waals surface area contributed by atoms with Crippen LogP contribution in [0.2, 0.25) is 0 Å². The number of anilines is 1. The Kier molecular flexibility index (Phi) is 5.17. The maximum Gasteiger partial charge on any atom is 0.259 e. The van der Waals surface area contributed by atoms with E-state index < -0.39 is 5.54 Å². The molecule has 0 radical (unpaired) electrons. The molecule has 1 aliphatic heterocycles. The number of amides is 2. The summed E-state index contributed by atoms with van der Waals surface area (Å²) in [6, 6.07) is 23.4. The number of hydrogen-bond acceptors (Lipinski definition) is 2. The van der Waals surface area contributed by atoms with Crippen molar-refractivity contribution in [2.24, 2.45) is 0 Å². The maximum absolute atomic E-state index is 13.5. The highest BCUT2D eigenvalue weighted by Gasteiger charge is 2.47. The van der Waals surface area contributed by atoms with Crippen molar-refractivity contribution in [1.82, 2.24) is 5.32 Å². The number of aryl methyl sites for hydroxylation is 2. The van der Waals surface area contributed by atoms with Gasteiger partial charge in [0.15, 0.2) is 0 Å². The molecule has 3 aromatic carbocycles. The van der Waals surface area contributed by atoms with E-state index in [1.165, 1.54) is 5.56 Å². The highest BCUT2D eigenvalue weighted by molar-refractivity contribution is 6.14. The molecule has 0 bridgehead atoms. The van der Waals surface area contributed by atoms with Gasteiger partial charge in [0.05, 0.1) is 0 Å². The van der Waals surface area contributed by atoms with E-state index in [4.69, 9.17) is 0 Å². The van der Waals surface area contributed by atoms with E-state index in [2.05, 4.69) is 5.32 Å². The van der Waals surface area contributed by atoms with Crippen molar-refractivity contribution >= 4 is 17.5 Å². The van der Waals surface area contributed by atoms with Gasteiger partial charge in [-0.2, -0.15) is 0 Å². The molecule has 0 aromatic heterocycles. The van der Waals surface area contributed by atoms with Crippen LogP contribution < -0.4 is 10.2 Å². The predicted octanol–water partition coefficient (Wildman–Crippen LogP) is 4.58. The average Bonchev–Trinajstić information content (AvgIpc) is 2.74. The molecule has 2 amide bonds. The number of carbonyl (C=O) groups is 2. The van der Waals surface area contributed by atoms with Crippen molar-refractivity contribution in [3.8, 4) is 0 Å². The fraction of sp³-hybridized carbons (Fsp3) is 0.231. The van der Waals surface area contributed by atoms with E-state index in [0.29, 0.717) is 18.5 Å². The minimum atomic E-state index is -1.02. The van der Waals surface area contributed by atoms with Crippen LogP contribution in [0.3, 0.4) is 0 Å². The third kappa shape index (κ3) is 3.61. The van der Waals surface area contributed by atoms with Crippen LogP contribution in [-0.4, -0.2) is 17.4 Å². The van der Waals surface area contributed by atoms with Gasteiger partial charge >= 0.3 is 0 Å². The normalized spacial score (nSPS) is 18.1. The van der Waals surface area contributed by atoms with Crippen LogP contribution >= 0.6 is 0 Å². The van der Waals surface area contributed by atoms with Gasteiger partial charge in [-0.3, -0.25) is 14.5 Å². The van der Waals surface area contributed by atoms with Gasteiger partial charge in [-0.15, -0.1) is 0 Å². The number of rotatable bonds is 4. The summed E-state index contributed by atoms with van der Waals surface area (Å²) in [5.41, 5.74) is 4.58. The molecule has 4 heteroatoms. The van der Waals surface area contributed by atoms with Crippen LogP contribution in [-0.2, 0) is 17.8 Å². The summed E-state index contributed by atoms with van der Waals surface area (Å²) < 4.78 is 0. The molecule has 1 N–H and O–H groups in total. The summed E-state index contributed by atoms with van der Waals surface area (Å²) >= 11 is 0. The lowest BCUT2D eigenvalue weighted by Gasteiger charge is -2.44. The zero-order valence-corrected chi connectivity index (χ0v) is 17.6. The standard InChI is InChI=1S/C26H26N2O2/c1-18-8-12-20(13-9-18)17-27-25(30)26(3)16-21-6-4-5-7-23(21)24(29)28(26)22-14-10-19(2)11-15-22/h4-15H,16-17H2,1-3H3,(H,27,30)/t26-/m0/s1. The molecule has 152 valence electrons. The van der Waals surface area contributed by atoms with Crippen LogP contribution in [0.4, 0.5) is 5.69 Å². The SMILES string of the molecule is Cc1ccc(CNC(=O)[C@]2(C)Cc3ccccc3C(=O)N2c2ccc(C)cc2)cc1. The molecule has 0 saturated carbocycles. The number of carbonyl (C=O) groups excluding carboxylic acids is 2. The van der Waals surface area contributed by atoms with Crippen molar-refractivity contribution in [2.75, 3.05) is 4.90 Å². The molecule has 0 spiro atoms. The molecule has 1 atom stereocenters. The Morgan fingerprint density at radius 1 is 0.933 bits per heavy atom. The Morgan fingerprint density at radius 3 is 2.20 bits per heavy atom. The van der Waals surface area contributed by atoms with Crippen molar-refractivity contribution < 1.29 is 9.59 Å². The van der Waals surface area contributed by atoms with Crippen molar-refractivity contribution in [3.63, 3.8) is 0 Å². The highest BCUT2D eigenvalue weighted by Crippen LogP contribution is 2.35. The third-order valence-electron chi connectivity index (χ3n) is 5.83. The second-order valence-electron chi connectivity index (χ2n) is 8.25. The third-order valence-corrected chi connectivity index (χ3v) is 5.83. The number of fused-ring (bicyclic) bond motifs is 1. The Bertz CT molecular complexity index is 1090. The molecule has 1 heterocycles. The first-order valence-corrected chi connectivity index (χ1v) is 10.2. The van der Waals surface area contributed by atoms with E-state index in [1.54, 1.807) is 4.90 Å². The Morgan fingerprint density at radius 2 is 1.53 bits per heavy atom. The van der Waals surface area contributed by atoms with Crippen LogP contribution in [0.5, 0.6) is 0 Å². The van der Waals surface area contributed by atoms with Gasteiger partial charge in [0.25, 0.3) is 5.91 Å². The Labute approximate surface area is 177 Å². The zero-order valence-electron chi connectivity index (χ0n) is 17.6. The molecular formula is C26H26N2O2. The summed E-state index contributed by atoms with van der Waals surface area (Å²) in [6.45, 7) is 6.32. The van der Waals surface area contributed by atoms with Crippen molar-refractivity contribution in [3.05, 3.63) is 101 Å². The molecule has 0 unspecified atom stereocenters. The summed E-state index contributed by atoms with van der Waals surface area (Å²) in [5.74, 6) is -0.305. The molecule has 4 nitrogen and oxygen atoms in total. The number of benzene rings is 3. The lowest BCUT2D eigenvalue weighted by Crippen LogP contribution is -2.63. The molecule has 0 fully saturated rings. The van der Waals surface area contributed by atoms with Gasteiger partial charge in [0, 0.05) is 24.2 Å². The minimum absolute atomic E-state index is 0.145. The van der Waals surface area contributed by atoms with Crippen LogP contribution in [0.25, 0.3) is 0 Å². The Balaban J connectivity index is 1.69. The van der Waals surface area contributed by atoms with Gasteiger partial charge in [0.2, 0.25) is 5.91 Å². The smallest absolute Gasteiger partial charge is 0.259 e. The van der Waals surface area contributed by atoms with E-state index >= 15 is 0 Å². The molecule has 0 aliphatic carbocycles.